The lowest BCUT2D eigenvalue weighted by Crippen LogP contribution is -2.34. The summed E-state index contributed by atoms with van der Waals surface area (Å²) >= 11 is 5.24. The fourth-order valence-corrected chi connectivity index (χ4v) is 2.51. The monoisotopic (exact) mass is 385 g/mol. The third-order valence-corrected chi connectivity index (χ3v) is 3.99. The highest BCUT2D eigenvalue weighted by molar-refractivity contribution is 7.80. The molecule has 0 heterocycles. The van der Waals surface area contributed by atoms with Gasteiger partial charge in [0.1, 0.15) is 5.75 Å². The molecule has 0 aliphatic carbocycles. The number of para-hydroxylation sites is 1. The zero-order chi connectivity index (χ0) is 19.8. The minimum Gasteiger partial charge on any atom is -0.493 e. The number of ether oxygens (including phenoxy) is 1. The topological polar surface area (TPSA) is 70.7 Å². The molecule has 0 radical (unpaired) electrons. The van der Waals surface area contributed by atoms with Crippen LogP contribution in [0.4, 0.5) is 11.4 Å². The standard InChI is InChI=1S/C20H23N3O3S/c1-4-12-26-18-11-6-5-10-17(18)19(25)22-20(27)21-15-8-7-9-16(13-15)23(3)14(2)24/h5-11,13H,4,12H2,1-3H3,(H2,21,22,25,27). The number of nitrogens with one attached hydrogen (secondary N) is 2. The second-order valence-corrected chi connectivity index (χ2v) is 6.29. The highest BCUT2D eigenvalue weighted by atomic mass is 32.1. The molecular weight excluding hydrogens is 362 g/mol. The number of carbonyl (C=O) groups is 2. The zero-order valence-corrected chi connectivity index (χ0v) is 16.4. The van der Waals surface area contributed by atoms with E-state index in [1.807, 2.05) is 19.1 Å². The largest absolute Gasteiger partial charge is 0.493 e. The lowest BCUT2D eigenvalue weighted by Gasteiger charge is -2.17. The molecule has 0 spiro atoms. The number of carbonyl (C=O) groups excluding carboxylic acids is 2. The third kappa shape index (κ3) is 5.79. The molecule has 7 heteroatoms. The summed E-state index contributed by atoms with van der Waals surface area (Å²) in [6.45, 7) is 4.02. The first-order chi connectivity index (χ1) is 12.9. The molecule has 0 aliphatic heterocycles. The van der Waals surface area contributed by atoms with Gasteiger partial charge in [-0.15, -0.1) is 0 Å². The van der Waals surface area contributed by atoms with E-state index in [0.717, 1.165) is 12.1 Å². The van der Waals surface area contributed by atoms with Crippen LogP contribution in [0.5, 0.6) is 5.75 Å². The van der Waals surface area contributed by atoms with E-state index >= 15 is 0 Å². The van der Waals surface area contributed by atoms with E-state index in [1.165, 1.54) is 11.8 Å². The van der Waals surface area contributed by atoms with Gasteiger partial charge >= 0.3 is 0 Å². The molecule has 0 atom stereocenters. The third-order valence-electron chi connectivity index (χ3n) is 3.78. The first-order valence-corrected chi connectivity index (χ1v) is 9.01. The molecule has 0 saturated carbocycles. The van der Waals surface area contributed by atoms with E-state index in [1.54, 1.807) is 43.4 Å². The smallest absolute Gasteiger partial charge is 0.261 e. The highest BCUT2D eigenvalue weighted by Crippen LogP contribution is 2.20. The number of amides is 2. The average Bonchev–Trinajstić information content (AvgIpc) is 2.65. The number of hydrogen-bond acceptors (Lipinski definition) is 4. The summed E-state index contributed by atoms with van der Waals surface area (Å²) in [5, 5.41) is 5.77. The van der Waals surface area contributed by atoms with E-state index in [9.17, 15) is 9.59 Å². The lowest BCUT2D eigenvalue weighted by atomic mass is 10.2. The van der Waals surface area contributed by atoms with Crippen molar-refractivity contribution in [3.8, 4) is 5.75 Å². The first-order valence-electron chi connectivity index (χ1n) is 8.61. The van der Waals surface area contributed by atoms with Gasteiger partial charge in [-0.2, -0.15) is 0 Å². The van der Waals surface area contributed by atoms with Crippen LogP contribution in [0.2, 0.25) is 0 Å². The minimum atomic E-state index is -0.351. The highest BCUT2D eigenvalue weighted by Gasteiger charge is 2.14. The maximum absolute atomic E-state index is 12.5. The Bertz CT molecular complexity index is 839. The summed E-state index contributed by atoms with van der Waals surface area (Å²) in [6, 6.07) is 14.2. The van der Waals surface area contributed by atoms with Crippen molar-refractivity contribution in [1.82, 2.24) is 5.32 Å². The van der Waals surface area contributed by atoms with Gasteiger partial charge in [-0.05, 0) is 49.0 Å². The average molecular weight is 385 g/mol. The van der Waals surface area contributed by atoms with Gasteiger partial charge in [0.25, 0.3) is 5.91 Å². The van der Waals surface area contributed by atoms with Crippen molar-refractivity contribution in [3.05, 3.63) is 54.1 Å². The maximum atomic E-state index is 12.5. The molecular formula is C20H23N3O3S. The number of hydrogen-bond donors (Lipinski definition) is 2. The Kier molecular flexibility index (Phi) is 7.31. The quantitative estimate of drug-likeness (QED) is 0.744. The minimum absolute atomic E-state index is 0.0771. The van der Waals surface area contributed by atoms with E-state index in [-0.39, 0.29) is 16.9 Å². The molecule has 0 bridgehead atoms. The van der Waals surface area contributed by atoms with Gasteiger partial charge in [-0.3, -0.25) is 14.9 Å². The Hall–Kier alpha value is -2.93. The number of benzene rings is 2. The first kappa shape index (κ1) is 20.4. The number of rotatable bonds is 6. The molecule has 2 aromatic rings. The van der Waals surface area contributed by atoms with E-state index < -0.39 is 0 Å². The Morgan fingerprint density at radius 1 is 1.15 bits per heavy atom. The SMILES string of the molecule is CCCOc1ccccc1C(=O)NC(=S)Nc1cccc(N(C)C(C)=O)c1. The van der Waals surface area contributed by atoms with Gasteiger partial charge in [0.15, 0.2) is 5.11 Å². The Labute approximate surface area is 164 Å². The molecule has 2 amide bonds. The predicted octanol–water partition coefficient (Wildman–Crippen LogP) is 3.58. The molecule has 27 heavy (non-hydrogen) atoms. The normalized spacial score (nSPS) is 10.0. The van der Waals surface area contributed by atoms with Crippen LogP contribution in [0.3, 0.4) is 0 Å². The van der Waals surface area contributed by atoms with Gasteiger partial charge < -0.3 is 15.0 Å². The summed E-state index contributed by atoms with van der Waals surface area (Å²) in [7, 11) is 1.69. The zero-order valence-electron chi connectivity index (χ0n) is 15.6. The van der Waals surface area contributed by atoms with Crippen LogP contribution >= 0.6 is 12.2 Å². The maximum Gasteiger partial charge on any atom is 0.261 e. The van der Waals surface area contributed by atoms with Crippen molar-refractivity contribution >= 4 is 40.5 Å². The summed E-state index contributed by atoms with van der Waals surface area (Å²) in [4.78, 5) is 25.5. The van der Waals surface area contributed by atoms with Crippen molar-refractivity contribution in [2.75, 3.05) is 23.9 Å². The van der Waals surface area contributed by atoms with Crippen molar-refractivity contribution in [1.29, 1.82) is 0 Å². The van der Waals surface area contributed by atoms with Crippen LogP contribution in [-0.2, 0) is 4.79 Å². The van der Waals surface area contributed by atoms with Crippen molar-refractivity contribution in [3.63, 3.8) is 0 Å². The Balaban J connectivity index is 2.05. The number of thiocarbonyl (C=S) groups is 1. The molecule has 0 aliphatic rings. The number of anilines is 2. The molecule has 142 valence electrons. The van der Waals surface area contributed by atoms with Crippen LogP contribution in [0, 0.1) is 0 Å². The molecule has 0 fully saturated rings. The molecule has 0 saturated heterocycles. The lowest BCUT2D eigenvalue weighted by molar-refractivity contribution is -0.116. The van der Waals surface area contributed by atoms with Crippen LogP contribution in [0.15, 0.2) is 48.5 Å². The fraction of sp³-hybridized carbons (Fsp3) is 0.250. The van der Waals surface area contributed by atoms with Crippen molar-refractivity contribution in [2.24, 2.45) is 0 Å². The molecule has 2 N–H and O–H groups in total. The molecule has 2 aromatic carbocycles. The molecule has 2 rings (SSSR count). The van der Waals surface area contributed by atoms with Crippen LogP contribution < -0.4 is 20.3 Å². The second kappa shape index (κ2) is 9.68. The van der Waals surface area contributed by atoms with Crippen molar-refractivity contribution in [2.45, 2.75) is 20.3 Å². The molecule has 0 unspecified atom stereocenters. The molecule has 6 nitrogen and oxygen atoms in total. The van der Waals surface area contributed by atoms with E-state index in [4.69, 9.17) is 17.0 Å². The Morgan fingerprint density at radius 2 is 1.89 bits per heavy atom. The summed E-state index contributed by atoms with van der Waals surface area (Å²) < 4.78 is 5.61. The number of nitrogens with zero attached hydrogens (tertiary/aromatic N) is 1. The van der Waals surface area contributed by atoms with Gasteiger partial charge in [-0.1, -0.05) is 25.1 Å². The van der Waals surface area contributed by atoms with E-state index in [2.05, 4.69) is 10.6 Å². The molecule has 0 aromatic heterocycles. The second-order valence-electron chi connectivity index (χ2n) is 5.88. The summed E-state index contributed by atoms with van der Waals surface area (Å²) in [5.41, 5.74) is 1.81. The fourth-order valence-electron chi connectivity index (χ4n) is 2.30. The predicted molar refractivity (Wildman–Crippen MR) is 111 cm³/mol. The van der Waals surface area contributed by atoms with Gasteiger partial charge in [-0.25, -0.2) is 0 Å². The summed E-state index contributed by atoms with van der Waals surface area (Å²) in [6.07, 6.45) is 0.848. The van der Waals surface area contributed by atoms with E-state index in [0.29, 0.717) is 23.6 Å². The summed E-state index contributed by atoms with van der Waals surface area (Å²) in [5.74, 6) is 0.0904. The van der Waals surface area contributed by atoms with Crippen LogP contribution in [-0.4, -0.2) is 30.6 Å². The van der Waals surface area contributed by atoms with Gasteiger partial charge in [0.2, 0.25) is 5.91 Å². The van der Waals surface area contributed by atoms with Crippen LogP contribution in [0.25, 0.3) is 0 Å². The van der Waals surface area contributed by atoms with Gasteiger partial charge in [0, 0.05) is 25.3 Å². The van der Waals surface area contributed by atoms with Crippen LogP contribution in [0.1, 0.15) is 30.6 Å². The van der Waals surface area contributed by atoms with Crippen molar-refractivity contribution < 1.29 is 14.3 Å². The van der Waals surface area contributed by atoms with Gasteiger partial charge in [0.05, 0.1) is 12.2 Å². The Morgan fingerprint density at radius 3 is 2.59 bits per heavy atom.